The third-order valence-electron chi connectivity index (χ3n) is 2.52. The lowest BCUT2D eigenvalue weighted by atomic mass is 10.2. The molecule has 7 heteroatoms. The smallest absolute Gasteiger partial charge is 0.311 e. The van der Waals surface area contributed by atoms with Gasteiger partial charge in [0.05, 0.1) is 11.5 Å². The summed E-state index contributed by atoms with van der Waals surface area (Å²) in [4.78, 5) is 10.5. The molecule has 0 fully saturated rings. The van der Waals surface area contributed by atoms with E-state index in [1.165, 1.54) is 6.07 Å². The summed E-state index contributed by atoms with van der Waals surface area (Å²) >= 11 is 0. The van der Waals surface area contributed by atoms with Crippen molar-refractivity contribution in [2.45, 2.75) is 26.3 Å². The van der Waals surface area contributed by atoms with Crippen LogP contribution in [0.15, 0.2) is 18.2 Å². The van der Waals surface area contributed by atoms with Crippen molar-refractivity contribution in [1.82, 2.24) is 0 Å². The average molecular weight is 300 g/mol. The second-order valence-electron chi connectivity index (χ2n) is 4.57. The zero-order valence-electron chi connectivity index (χ0n) is 11.9. The molecule has 1 rings (SSSR count). The Hall–Kier alpha value is -1.63. The number of nitro benzene ring substituents is 1. The summed E-state index contributed by atoms with van der Waals surface area (Å²) in [7, 11) is -0.893. The lowest BCUT2D eigenvalue weighted by Gasteiger charge is -2.15. The minimum Gasteiger partial charge on any atom is -0.487 e. The van der Waals surface area contributed by atoms with Crippen LogP contribution in [-0.2, 0) is 10.8 Å². The van der Waals surface area contributed by atoms with Crippen molar-refractivity contribution in [3.8, 4) is 5.75 Å². The number of rotatable bonds is 8. The Balaban J connectivity index is 2.88. The molecule has 112 valence electrons. The number of nitrogens with one attached hydrogen (secondary N) is 1. The summed E-state index contributed by atoms with van der Waals surface area (Å²) in [6, 6.07) is 4.68. The maximum atomic E-state index is 11.2. The number of hydrogen-bond donors (Lipinski definition) is 1. The van der Waals surface area contributed by atoms with E-state index in [4.69, 9.17) is 4.74 Å². The van der Waals surface area contributed by atoms with Gasteiger partial charge in [-0.1, -0.05) is 6.92 Å². The van der Waals surface area contributed by atoms with Crippen LogP contribution in [0, 0.1) is 10.1 Å². The second-order valence-corrected chi connectivity index (χ2v) is 6.05. The molecule has 0 saturated carbocycles. The van der Waals surface area contributed by atoms with Crippen LogP contribution in [0.1, 0.15) is 20.3 Å². The quantitative estimate of drug-likeness (QED) is 0.589. The predicted molar refractivity (Wildman–Crippen MR) is 80.9 cm³/mol. The second kappa shape index (κ2) is 7.84. The molecule has 0 aliphatic carbocycles. The van der Waals surface area contributed by atoms with E-state index in [0.29, 0.717) is 12.4 Å². The maximum absolute atomic E-state index is 11.2. The molecule has 0 heterocycles. The highest BCUT2D eigenvalue weighted by Gasteiger charge is 2.16. The van der Waals surface area contributed by atoms with Crippen molar-refractivity contribution < 1.29 is 13.9 Å². The van der Waals surface area contributed by atoms with E-state index in [2.05, 4.69) is 5.32 Å². The number of ether oxygens (including phenoxy) is 1. The highest BCUT2D eigenvalue weighted by molar-refractivity contribution is 7.84. The van der Waals surface area contributed by atoms with Gasteiger partial charge >= 0.3 is 5.69 Å². The Labute approximate surface area is 121 Å². The first-order chi connectivity index (χ1) is 9.43. The van der Waals surface area contributed by atoms with E-state index in [9.17, 15) is 14.3 Å². The summed E-state index contributed by atoms with van der Waals surface area (Å²) in [5.41, 5.74) is 0.676. The minimum absolute atomic E-state index is 0.0151. The van der Waals surface area contributed by atoms with Crippen LogP contribution in [0.25, 0.3) is 0 Å². The van der Waals surface area contributed by atoms with E-state index in [1.807, 2.05) is 13.8 Å². The first-order valence-electron chi connectivity index (χ1n) is 6.41. The van der Waals surface area contributed by atoms with Crippen LogP contribution in [0.5, 0.6) is 5.75 Å². The zero-order valence-corrected chi connectivity index (χ0v) is 12.7. The van der Waals surface area contributed by atoms with E-state index in [0.717, 1.165) is 12.1 Å². The molecule has 0 aromatic heterocycles. The molecular formula is C13H20N2O4S. The number of nitrogens with zero attached hydrogens (tertiary/aromatic N) is 1. The largest absolute Gasteiger partial charge is 0.487 e. The van der Waals surface area contributed by atoms with Gasteiger partial charge in [-0.3, -0.25) is 14.3 Å². The van der Waals surface area contributed by atoms with Crippen LogP contribution >= 0.6 is 0 Å². The van der Waals surface area contributed by atoms with Crippen molar-refractivity contribution in [2.24, 2.45) is 0 Å². The molecule has 2 unspecified atom stereocenters. The fourth-order valence-corrected chi connectivity index (χ4v) is 2.55. The van der Waals surface area contributed by atoms with Gasteiger partial charge in [0, 0.05) is 46.7 Å². The molecule has 1 aromatic rings. The fraction of sp³-hybridized carbons (Fsp3) is 0.538. The van der Waals surface area contributed by atoms with Gasteiger partial charge < -0.3 is 10.1 Å². The van der Waals surface area contributed by atoms with Crippen molar-refractivity contribution in [3.63, 3.8) is 0 Å². The van der Waals surface area contributed by atoms with Crippen LogP contribution in [-0.4, -0.2) is 33.8 Å². The zero-order chi connectivity index (χ0) is 15.1. The normalized spacial score (nSPS) is 13.6. The number of hydrogen-bond acceptors (Lipinski definition) is 5. The summed E-state index contributed by atoms with van der Waals surface area (Å²) < 4.78 is 16.6. The molecule has 1 aromatic carbocycles. The lowest BCUT2D eigenvalue weighted by Crippen LogP contribution is -2.22. The minimum atomic E-state index is -0.893. The molecule has 0 amide bonds. The topological polar surface area (TPSA) is 81.5 Å². The molecule has 0 aliphatic rings. The molecule has 6 nitrogen and oxygen atoms in total. The van der Waals surface area contributed by atoms with Gasteiger partial charge in [-0.05, 0) is 19.4 Å². The van der Waals surface area contributed by atoms with Crippen LogP contribution in [0.3, 0.4) is 0 Å². The molecule has 20 heavy (non-hydrogen) atoms. The van der Waals surface area contributed by atoms with Gasteiger partial charge in [-0.2, -0.15) is 0 Å². The van der Waals surface area contributed by atoms with Crippen LogP contribution < -0.4 is 10.1 Å². The van der Waals surface area contributed by atoms with Crippen molar-refractivity contribution in [2.75, 3.05) is 23.9 Å². The molecule has 0 aliphatic heterocycles. The van der Waals surface area contributed by atoms with Gasteiger partial charge in [0.2, 0.25) is 0 Å². The summed E-state index contributed by atoms with van der Waals surface area (Å²) in [6.07, 6.45) is 2.42. The number of nitro groups is 1. The van der Waals surface area contributed by atoms with Crippen molar-refractivity contribution in [1.29, 1.82) is 0 Å². The molecule has 2 atom stereocenters. The predicted octanol–water partition coefficient (Wildman–Crippen LogP) is 2.56. The Bertz CT molecular complexity index is 493. The standard InChI is InChI=1S/C13H20N2O4S/c1-4-7-19-13-8-11(5-6-12(13)15(16)17)14-10(2)9-20(3)18/h5-6,8,10,14H,4,7,9H2,1-3H3. The van der Waals surface area contributed by atoms with E-state index in [1.54, 1.807) is 18.4 Å². The molecule has 1 N–H and O–H groups in total. The summed E-state index contributed by atoms with van der Waals surface area (Å²) in [5.74, 6) is 0.772. The van der Waals surface area contributed by atoms with E-state index in [-0.39, 0.29) is 17.5 Å². The lowest BCUT2D eigenvalue weighted by molar-refractivity contribution is -0.385. The molecule has 0 saturated heterocycles. The SMILES string of the molecule is CCCOc1cc(NC(C)CS(C)=O)ccc1[N+](=O)[O-]. The fourth-order valence-electron chi connectivity index (χ4n) is 1.76. The summed E-state index contributed by atoms with van der Waals surface area (Å²) in [6.45, 7) is 4.28. The average Bonchev–Trinajstić information content (AvgIpc) is 2.35. The Morgan fingerprint density at radius 2 is 2.20 bits per heavy atom. The number of anilines is 1. The van der Waals surface area contributed by atoms with E-state index >= 15 is 0 Å². The highest BCUT2D eigenvalue weighted by Crippen LogP contribution is 2.30. The molecule has 0 bridgehead atoms. The van der Waals surface area contributed by atoms with Crippen LogP contribution in [0.4, 0.5) is 11.4 Å². The van der Waals surface area contributed by atoms with Gasteiger partial charge in [0.1, 0.15) is 0 Å². The third-order valence-corrected chi connectivity index (χ3v) is 3.49. The van der Waals surface area contributed by atoms with Crippen LogP contribution in [0.2, 0.25) is 0 Å². The van der Waals surface area contributed by atoms with Gasteiger partial charge in [0.15, 0.2) is 5.75 Å². The first-order valence-corrected chi connectivity index (χ1v) is 8.14. The van der Waals surface area contributed by atoms with Gasteiger partial charge in [-0.15, -0.1) is 0 Å². The van der Waals surface area contributed by atoms with Gasteiger partial charge in [-0.25, -0.2) is 0 Å². The number of benzene rings is 1. The first kappa shape index (κ1) is 16.4. The molecular weight excluding hydrogens is 280 g/mol. The Morgan fingerprint density at radius 1 is 1.50 bits per heavy atom. The van der Waals surface area contributed by atoms with Crippen molar-refractivity contribution in [3.05, 3.63) is 28.3 Å². The monoisotopic (exact) mass is 300 g/mol. The third kappa shape index (κ3) is 5.16. The maximum Gasteiger partial charge on any atom is 0.311 e. The van der Waals surface area contributed by atoms with E-state index < -0.39 is 15.7 Å². The van der Waals surface area contributed by atoms with Gasteiger partial charge in [0.25, 0.3) is 0 Å². The molecule has 0 spiro atoms. The Morgan fingerprint density at radius 3 is 2.75 bits per heavy atom. The molecule has 0 radical (unpaired) electrons. The van der Waals surface area contributed by atoms with Crippen molar-refractivity contribution >= 4 is 22.2 Å². The Kier molecular flexibility index (Phi) is 6.44. The summed E-state index contributed by atoms with van der Waals surface area (Å²) in [5, 5.41) is 14.1. The highest BCUT2D eigenvalue weighted by atomic mass is 32.2.